The second kappa shape index (κ2) is 3.83. The van der Waals surface area contributed by atoms with Crippen LogP contribution < -0.4 is 0 Å². The summed E-state index contributed by atoms with van der Waals surface area (Å²) in [7, 11) is 0. The van der Waals surface area contributed by atoms with Crippen LogP contribution in [0.3, 0.4) is 0 Å². The molecular formula is C14H18O3. The predicted octanol–water partition coefficient (Wildman–Crippen LogP) is 1.90. The monoisotopic (exact) mass is 234 g/mol. The molecule has 0 amide bonds. The highest BCUT2D eigenvalue weighted by molar-refractivity contribution is 5.80. The summed E-state index contributed by atoms with van der Waals surface area (Å²) in [6.07, 6.45) is 10.2. The third-order valence-corrected chi connectivity index (χ3v) is 4.63. The molecule has 1 saturated heterocycles. The van der Waals surface area contributed by atoms with E-state index in [1.807, 2.05) is 0 Å². The Morgan fingerprint density at radius 2 is 2.18 bits per heavy atom. The first kappa shape index (κ1) is 11.3. The molecule has 3 fully saturated rings. The Hall–Kier alpha value is -0.850. The van der Waals surface area contributed by atoms with E-state index in [9.17, 15) is 4.79 Å². The summed E-state index contributed by atoms with van der Waals surface area (Å²) in [6.45, 7) is 1.35. The van der Waals surface area contributed by atoms with Crippen molar-refractivity contribution in [2.24, 2.45) is 11.3 Å². The molecule has 92 valence electrons. The molecule has 3 heteroatoms. The molecule has 3 nitrogen and oxygen atoms in total. The molecule has 1 spiro atoms. The van der Waals surface area contributed by atoms with Crippen molar-refractivity contribution >= 4 is 5.78 Å². The van der Waals surface area contributed by atoms with Crippen LogP contribution in [0.4, 0.5) is 0 Å². The summed E-state index contributed by atoms with van der Waals surface area (Å²) < 4.78 is 11.6. The van der Waals surface area contributed by atoms with Crippen molar-refractivity contribution in [3.05, 3.63) is 0 Å². The molecule has 3 rings (SSSR count). The van der Waals surface area contributed by atoms with Crippen molar-refractivity contribution in [3.8, 4) is 12.3 Å². The van der Waals surface area contributed by atoms with Crippen molar-refractivity contribution in [3.63, 3.8) is 0 Å². The summed E-state index contributed by atoms with van der Waals surface area (Å²) >= 11 is 0. The van der Waals surface area contributed by atoms with Gasteiger partial charge in [-0.05, 0) is 17.8 Å². The maximum absolute atomic E-state index is 11.7. The van der Waals surface area contributed by atoms with Crippen LogP contribution in [0.5, 0.6) is 0 Å². The van der Waals surface area contributed by atoms with Crippen LogP contribution in [-0.2, 0) is 14.3 Å². The van der Waals surface area contributed by atoms with Gasteiger partial charge in [-0.15, -0.1) is 12.3 Å². The highest BCUT2D eigenvalue weighted by Crippen LogP contribution is 2.59. The fourth-order valence-electron chi connectivity index (χ4n) is 3.97. The van der Waals surface area contributed by atoms with Crippen LogP contribution in [0.2, 0.25) is 0 Å². The van der Waals surface area contributed by atoms with E-state index < -0.39 is 5.79 Å². The molecule has 0 aromatic carbocycles. The lowest BCUT2D eigenvalue weighted by Gasteiger charge is -2.37. The number of carbonyl (C=O) groups excluding carboxylic acids is 1. The Labute approximate surface area is 102 Å². The number of fused-ring (bicyclic) bond motifs is 1. The Bertz CT molecular complexity index is 375. The van der Waals surface area contributed by atoms with Gasteiger partial charge >= 0.3 is 0 Å². The van der Waals surface area contributed by atoms with Gasteiger partial charge in [0.05, 0.1) is 13.2 Å². The highest BCUT2D eigenvalue weighted by atomic mass is 16.7. The van der Waals surface area contributed by atoms with Gasteiger partial charge in [0.2, 0.25) is 0 Å². The van der Waals surface area contributed by atoms with Crippen LogP contribution in [0, 0.1) is 23.7 Å². The lowest BCUT2D eigenvalue weighted by molar-refractivity contribution is -0.157. The van der Waals surface area contributed by atoms with E-state index in [0.29, 0.717) is 44.2 Å². The van der Waals surface area contributed by atoms with Crippen molar-refractivity contribution in [2.75, 3.05) is 13.2 Å². The average molecular weight is 234 g/mol. The molecule has 0 aromatic rings. The van der Waals surface area contributed by atoms with Crippen LogP contribution in [-0.4, -0.2) is 24.8 Å². The number of rotatable bonds is 1. The van der Waals surface area contributed by atoms with Gasteiger partial charge in [0.25, 0.3) is 0 Å². The average Bonchev–Trinajstić information content (AvgIpc) is 2.83. The third-order valence-electron chi connectivity index (χ3n) is 4.63. The van der Waals surface area contributed by atoms with Gasteiger partial charge in [-0.1, -0.05) is 0 Å². The van der Waals surface area contributed by atoms with Crippen molar-refractivity contribution in [2.45, 2.75) is 44.3 Å². The second-order valence-corrected chi connectivity index (χ2v) is 5.68. The van der Waals surface area contributed by atoms with E-state index in [1.165, 1.54) is 0 Å². The summed E-state index contributed by atoms with van der Waals surface area (Å²) in [6, 6.07) is 0. The van der Waals surface area contributed by atoms with Gasteiger partial charge in [-0.3, -0.25) is 4.79 Å². The molecule has 3 aliphatic rings. The van der Waals surface area contributed by atoms with E-state index in [4.69, 9.17) is 15.9 Å². The van der Waals surface area contributed by atoms with E-state index in [-0.39, 0.29) is 5.41 Å². The Morgan fingerprint density at radius 1 is 1.41 bits per heavy atom. The van der Waals surface area contributed by atoms with Gasteiger partial charge in [0.15, 0.2) is 5.79 Å². The number of hydrogen-bond acceptors (Lipinski definition) is 3. The van der Waals surface area contributed by atoms with Crippen molar-refractivity contribution in [1.29, 1.82) is 0 Å². The molecule has 0 N–H and O–H groups in total. The van der Waals surface area contributed by atoms with Gasteiger partial charge in [-0.2, -0.15) is 0 Å². The minimum absolute atomic E-state index is 0.0472. The molecule has 0 unspecified atom stereocenters. The lowest BCUT2D eigenvalue weighted by atomic mass is 9.66. The minimum Gasteiger partial charge on any atom is -0.348 e. The van der Waals surface area contributed by atoms with E-state index >= 15 is 0 Å². The van der Waals surface area contributed by atoms with Gasteiger partial charge in [0.1, 0.15) is 5.78 Å². The van der Waals surface area contributed by atoms with Crippen LogP contribution in [0.1, 0.15) is 38.5 Å². The Balaban J connectivity index is 1.89. The zero-order valence-corrected chi connectivity index (χ0v) is 10.0. The molecule has 1 heterocycles. The van der Waals surface area contributed by atoms with Crippen LogP contribution in [0.25, 0.3) is 0 Å². The summed E-state index contributed by atoms with van der Waals surface area (Å²) in [5.41, 5.74) is -0.0472. The molecule has 0 aromatic heterocycles. The smallest absolute Gasteiger partial charge is 0.169 e. The zero-order chi connectivity index (χ0) is 11.9. The predicted molar refractivity (Wildman–Crippen MR) is 62.1 cm³/mol. The number of terminal acetylenes is 1. The maximum Gasteiger partial charge on any atom is 0.169 e. The third kappa shape index (κ3) is 1.71. The second-order valence-electron chi connectivity index (χ2n) is 5.68. The maximum atomic E-state index is 11.7. The number of ketones is 1. The molecule has 0 bridgehead atoms. The fourth-order valence-corrected chi connectivity index (χ4v) is 3.97. The van der Waals surface area contributed by atoms with Gasteiger partial charge in [-0.25, -0.2) is 0 Å². The van der Waals surface area contributed by atoms with Crippen molar-refractivity contribution < 1.29 is 14.3 Å². The lowest BCUT2D eigenvalue weighted by Crippen LogP contribution is -2.34. The summed E-state index contributed by atoms with van der Waals surface area (Å²) in [5.74, 6) is 3.19. The molecule has 1 aliphatic heterocycles. The molecule has 2 saturated carbocycles. The number of ether oxygens (including phenoxy) is 2. The quantitative estimate of drug-likeness (QED) is 0.650. The first-order valence-electron chi connectivity index (χ1n) is 6.41. The normalized spacial score (nSPS) is 39.2. The zero-order valence-electron chi connectivity index (χ0n) is 10.0. The van der Waals surface area contributed by atoms with Crippen LogP contribution in [0.15, 0.2) is 0 Å². The minimum atomic E-state index is -0.424. The largest absolute Gasteiger partial charge is 0.348 e. The molecule has 2 aliphatic carbocycles. The van der Waals surface area contributed by atoms with E-state index in [2.05, 4.69) is 5.92 Å². The van der Waals surface area contributed by atoms with Gasteiger partial charge < -0.3 is 9.47 Å². The summed E-state index contributed by atoms with van der Waals surface area (Å²) in [5, 5.41) is 0. The molecule has 2 atom stereocenters. The Morgan fingerprint density at radius 3 is 2.88 bits per heavy atom. The molecular weight excluding hydrogens is 216 g/mol. The first-order valence-corrected chi connectivity index (χ1v) is 6.41. The number of Topliss-reactive ketones (excluding diaryl/α,β-unsaturated/α-hetero) is 1. The fraction of sp³-hybridized carbons (Fsp3) is 0.786. The van der Waals surface area contributed by atoms with Crippen molar-refractivity contribution in [1.82, 2.24) is 0 Å². The number of carbonyl (C=O) groups is 1. The standard InChI is InChI=1S/C14H18O3/c1-2-5-13-9-12(15)4-3-11(13)8-14(10-13)16-6-7-17-14/h1,11H,3-10H2/t11-,13+/m0/s1. The Kier molecular flexibility index (Phi) is 2.53. The molecule has 0 radical (unpaired) electrons. The van der Waals surface area contributed by atoms with E-state index in [1.54, 1.807) is 0 Å². The van der Waals surface area contributed by atoms with Crippen LogP contribution >= 0.6 is 0 Å². The number of hydrogen-bond donors (Lipinski definition) is 0. The van der Waals surface area contributed by atoms with E-state index in [0.717, 1.165) is 19.3 Å². The summed E-state index contributed by atoms with van der Waals surface area (Å²) in [4.78, 5) is 11.7. The SMILES string of the molecule is C#CC[C@]12CC(=O)CC[C@H]1CC1(C2)OCCO1. The topological polar surface area (TPSA) is 35.5 Å². The first-order chi connectivity index (χ1) is 8.18. The van der Waals surface area contributed by atoms with Gasteiger partial charge in [0, 0.05) is 32.1 Å². The highest BCUT2D eigenvalue weighted by Gasteiger charge is 2.58. The molecule has 17 heavy (non-hydrogen) atoms.